The first-order valence-corrected chi connectivity index (χ1v) is 10.9. The van der Waals surface area contributed by atoms with Gasteiger partial charge in [0.2, 0.25) is 0 Å². The number of aliphatic hydroxyl groups excluding tert-OH is 1. The molecule has 174 valence electrons. The Kier molecular flexibility index (Phi) is 6.44. The smallest absolute Gasteiger partial charge is 0.325 e. The highest BCUT2D eigenvalue weighted by Crippen LogP contribution is 2.29. The Balaban J connectivity index is 1.31. The number of imide groups is 1. The van der Waals surface area contributed by atoms with E-state index in [1.54, 1.807) is 24.0 Å². The second-order valence-electron chi connectivity index (χ2n) is 8.59. The van der Waals surface area contributed by atoms with Crippen LogP contribution in [-0.4, -0.2) is 83.0 Å². The Hall–Kier alpha value is -3.30. The molecule has 4 amide bonds. The maximum atomic E-state index is 13.3. The van der Waals surface area contributed by atoms with Crippen LogP contribution in [0.4, 0.5) is 9.18 Å². The van der Waals surface area contributed by atoms with E-state index in [9.17, 15) is 23.9 Å². The maximum absolute atomic E-state index is 13.3. The van der Waals surface area contributed by atoms with E-state index in [1.807, 2.05) is 23.1 Å². The number of rotatable bonds is 6. The van der Waals surface area contributed by atoms with Crippen LogP contribution in [0.15, 0.2) is 54.6 Å². The van der Waals surface area contributed by atoms with Crippen molar-refractivity contribution in [3.8, 4) is 0 Å². The van der Waals surface area contributed by atoms with Gasteiger partial charge in [-0.3, -0.25) is 19.4 Å². The summed E-state index contributed by atoms with van der Waals surface area (Å²) in [4.78, 5) is 42.8. The number of aliphatic hydroxyl groups is 1. The summed E-state index contributed by atoms with van der Waals surface area (Å²) in [6, 6.07) is 13.9. The van der Waals surface area contributed by atoms with Crippen molar-refractivity contribution in [3.63, 3.8) is 0 Å². The summed E-state index contributed by atoms with van der Waals surface area (Å²) in [5, 5.41) is 13.2. The summed E-state index contributed by atoms with van der Waals surface area (Å²) in [5.74, 6) is -0.941. The summed E-state index contributed by atoms with van der Waals surface area (Å²) in [6.45, 7) is 3.93. The van der Waals surface area contributed by atoms with Crippen molar-refractivity contribution >= 4 is 17.8 Å². The fraction of sp³-hybridized carbons (Fsp3) is 0.375. The van der Waals surface area contributed by atoms with Gasteiger partial charge in [0.25, 0.3) is 11.8 Å². The molecule has 2 heterocycles. The minimum Gasteiger partial charge on any atom is -0.390 e. The van der Waals surface area contributed by atoms with Crippen LogP contribution in [0.5, 0.6) is 0 Å². The maximum Gasteiger partial charge on any atom is 0.325 e. The molecule has 9 heteroatoms. The molecular formula is C24H27FN4O4. The van der Waals surface area contributed by atoms with E-state index in [0.29, 0.717) is 37.3 Å². The van der Waals surface area contributed by atoms with Gasteiger partial charge in [-0.1, -0.05) is 30.3 Å². The van der Waals surface area contributed by atoms with Crippen molar-refractivity contribution in [3.05, 3.63) is 71.5 Å². The van der Waals surface area contributed by atoms with Crippen molar-refractivity contribution in [1.82, 2.24) is 20.0 Å². The van der Waals surface area contributed by atoms with Gasteiger partial charge >= 0.3 is 6.03 Å². The molecule has 0 bridgehead atoms. The first-order chi connectivity index (χ1) is 15.8. The number of hydrogen-bond acceptors (Lipinski definition) is 5. The summed E-state index contributed by atoms with van der Waals surface area (Å²) in [6.07, 6.45) is -0.938. The molecule has 2 aliphatic heterocycles. The monoisotopic (exact) mass is 454 g/mol. The Morgan fingerprint density at radius 2 is 1.67 bits per heavy atom. The summed E-state index contributed by atoms with van der Waals surface area (Å²) in [7, 11) is 0. The van der Waals surface area contributed by atoms with Crippen molar-refractivity contribution < 1.29 is 23.9 Å². The minimum absolute atomic E-state index is 0.0183. The molecule has 0 radical (unpaired) electrons. The molecule has 33 heavy (non-hydrogen) atoms. The zero-order chi connectivity index (χ0) is 23.6. The molecular weight excluding hydrogens is 427 g/mol. The van der Waals surface area contributed by atoms with Crippen LogP contribution in [0, 0.1) is 5.82 Å². The molecule has 8 nitrogen and oxygen atoms in total. The molecule has 4 rings (SSSR count). The SMILES string of the molecule is CC1(c2ccc(F)cc2)NC(=O)N(CC(O)CN2CCN(C(=O)c3ccccc3)CC2)C1=O. The first-order valence-electron chi connectivity index (χ1n) is 10.9. The molecule has 2 atom stereocenters. The molecule has 0 aromatic heterocycles. The van der Waals surface area contributed by atoms with Gasteiger partial charge in [0.15, 0.2) is 0 Å². The molecule has 2 aromatic carbocycles. The van der Waals surface area contributed by atoms with Gasteiger partial charge in [-0.2, -0.15) is 0 Å². The summed E-state index contributed by atoms with van der Waals surface area (Å²) < 4.78 is 13.3. The van der Waals surface area contributed by atoms with Gasteiger partial charge in [0.05, 0.1) is 12.6 Å². The third-order valence-corrected chi connectivity index (χ3v) is 6.24. The van der Waals surface area contributed by atoms with E-state index in [4.69, 9.17) is 0 Å². The molecule has 2 aromatic rings. The van der Waals surface area contributed by atoms with Crippen molar-refractivity contribution in [2.45, 2.75) is 18.6 Å². The predicted molar refractivity (Wildman–Crippen MR) is 119 cm³/mol. The van der Waals surface area contributed by atoms with E-state index in [-0.39, 0.29) is 19.0 Å². The third-order valence-electron chi connectivity index (χ3n) is 6.24. The van der Waals surface area contributed by atoms with Gasteiger partial charge in [0.1, 0.15) is 11.4 Å². The van der Waals surface area contributed by atoms with Gasteiger partial charge in [-0.15, -0.1) is 0 Å². The van der Waals surface area contributed by atoms with Gasteiger partial charge in [-0.25, -0.2) is 9.18 Å². The summed E-state index contributed by atoms with van der Waals surface area (Å²) >= 11 is 0. The standard InChI is InChI=1S/C24H27FN4O4/c1-24(18-7-9-19(25)10-8-18)22(32)29(23(33)26-24)16-20(30)15-27-11-13-28(14-12-27)21(31)17-5-3-2-4-6-17/h2-10,20,30H,11-16H2,1H3,(H,26,33). The average Bonchev–Trinajstić information content (AvgIpc) is 3.04. The lowest BCUT2D eigenvalue weighted by molar-refractivity contribution is -0.132. The van der Waals surface area contributed by atoms with E-state index in [2.05, 4.69) is 5.32 Å². The second-order valence-corrected chi connectivity index (χ2v) is 8.59. The topological polar surface area (TPSA) is 93.2 Å². The number of amides is 4. The number of benzene rings is 2. The fourth-order valence-corrected chi connectivity index (χ4v) is 4.31. The van der Waals surface area contributed by atoms with Crippen LogP contribution in [-0.2, 0) is 10.3 Å². The molecule has 2 N–H and O–H groups in total. The zero-order valence-electron chi connectivity index (χ0n) is 18.4. The zero-order valence-corrected chi connectivity index (χ0v) is 18.4. The number of carbonyl (C=O) groups excluding carboxylic acids is 3. The Bertz CT molecular complexity index is 1020. The van der Waals surface area contributed by atoms with E-state index < -0.39 is 29.4 Å². The van der Waals surface area contributed by atoms with Crippen LogP contribution in [0.3, 0.4) is 0 Å². The average molecular weight is 455 g/mol. The van der Waals surface area contributed by atoms with Crippen LogP contribution in [0.2, 0.25) is 0 Å². The van der Waals surface area contributed by atoms with E-state index in [1.165, 1.54) is 24.3 Å². The Labute approximate surface area is 191 Å². The Morgan fingerprint density at radius 3 is 2.30 bits per heavy atom. The molecule has 2 fully saturated rings. The highest BCUT2D eigenvalue weighted by molar-refractivity contribution is 6.07. The largest absolute Gasteiger partial charge is 0.390 e. The molecule has 0 spiro atoms. The van der Waals surface area contributed by atoms with Gasteiger partial charge in [-0.05, 0) is 36.8 Å². The lowest BCUT2D eigenvalue weighted by Gasteiger charge is -2.36. The molecule has 2 aliphatic rings. The lowest BCUT2D eigenvalue weighted by atomic mass is 9.92. The van der Waals surface area contributed by atoms with Gasteiger partial charge in [0, 0.05) is 38.3 Å². The molecule has 2 unspecified atom stereocenters. The highest BCUT2D eigenvalue weighted by Gasteiger charge is 2.49. The highest BCUT2D eigenvalue weighted by atomic mass is 19.1. The van der Waals surface area contributed by atoms with Gasteiger partial charge < -0.3 is 15.3 Å². The Morgan fingerprint density at radius 1 is 1.03 bits per heavy atom. The molecule has 2 saturated heterocycles. The number of hydrogen-bond donors (Lipinski definition) is 2. The fourth-order valence-electron chi connectivity index (χ4n) is 4.31. The normalized spacial score (nSPS) is 22.4. The number of nitrogens with zero attached hydrogens (tertiary/aromatic N) is 3. The third kappa shape index (κ3) is 4.74. The minimum atomic E-state index is -1.31. The molecule has 0 aliphatic carbocycles. The second kappa shape index (κ2) is 9.29. The quantitative estimate of drug-likeness (QED) is 0.644. The number of piperazine rings is 1. The van der Waals surface area contributed by atoms with E-state index in [0.717, 1.165) is 4.90 Å². The van der Waals surface area contributed by atoms with E-state index >= 15 is 0 Å². The van der Waals surface area contributed by atoms with Crippen LogP contribution >= 0.6 is 0 Å². The first kappa shape index (κ1) is 22.9. The van der Waals surface area contributed by atoms with Crippen LogP contribution in [0.25, 0.3) is 0 Å². The number of urea groups is 1. The lowest BCUT2D eigenvalue weighted by Crippen LogP contribution is -2.52. The van der Waals surface area contributed by atoms with Crippen molar-refractivity contribution in [1.29, 1.82) is 0 Å². The summed E-state index contributed by atoms with van der Waals surface area (Å²) in [5.41, 5.74) is -0.194. The molecule has 0 saturated carbocycles. The van der Waals surface area contributed by atoms with Crippen molar-refractivity contribution in [2.75, 3.05) is 39.3 Å². The predicted octanol–water partition coefficient (Wildman–Crippen LogP) is 1.41. The number of β-amino-alcohol motifs (C(OH)–C–C–N with tert-alkyl or cyclic N) is 1. The van der Waals surface area contributed by atoms with Crippen LogP contribution in [0.1, 0.15) is 22.8 Å². The number of halogens is 1. The van der Waals surface area contributed by atoms with Crippen molar-refractivity contribution in [2.24, 2.45) is 0 Å². The number of nitrogens with one attached hydrogen (secondary N) is 1. The number of carbonyl (C=O) groups is 3. The van der Waals surface area contributed by atoms with Crippen LogP contribution < -0.4 is 5.32 Å².